The molecule has 0 saturated carbocycles. The van der Waals surface area contributed by atoms with Crippen molar-refractivity contribution in [2.75, 3.05) is 61.5 Å². The van der Waals surface area contributed by atoms with Crippen LogP contribution in [0, 0.1) is 11.3 Å². The molecule has 0 radical (unpaired) electrons. The number of benzene rings is 2. The molecule has 1 N–H and O–H groups in total. The number of likely N-dealkylation sites (N-methyl/N-ethyl adjacent to an activating group) is 1. The second kappa shape index (κ2) is 11.6. The fraction of sp³-hybridized carbons (Fsp3) is 0.407. The number of amides is 4. The van der Waals surface area contributed by atoms with Crippen molar-refractivity contribution in [1.82, 2.24) is 9.80 Å². The van der Waals surface area contributed by atoms with Gasteiger partial charge in [-0.2, -0.15) is 18.4 Å². The van der Waals surface area contributed by atoms with Crippen molar-refractivity contribution >= 4 is 46.7 Å². The van der Waals surface area contributed by atoms with Gasteiger partial charge in [0.2, 0.25) is 0 Å². The molecule has 0 aromatic heterocycles. The molecule has 2 saturated heterocycles. The van der Waals surface area contributed by atoms with Gasteiger partial charge in [0.05, 0.1) is 33.6 Å². The number of carbonyl (C=O) groups is 3. The molecule has 0 spiro atoms. The summed E-state index contributed by atoms with van der Waals surface area (Å²) < 4.78 is 45.9. The molecule has 2 heterocycles. The van der Waals surface area contributed by atoms with E-state index in [1.54, 1.807) is 0 Å². The third-order valence-corrected chi connectivity index (χ3v) is 7.37. The number of imide groups is 1. The van der Waals surface area contributed by atoms with Gasteiger partial charge in [-0.15, -0.1) is 0 Å². The zero-order chi connectivity index (χ0) is 30.1. The minimum Gasteiger partial charge on any atom is -0.448 e. The normalized spacial score (nSPS) is 18.0. The first-order valence-corrected chi connectivity index (χ1v) is 13.1. The summed E-state index contributed by atoms with van der Waals surface area (Å²) in [7, 11) is 2.04. The van der Waals surface area contributed by atoms with E-state index in [-0.39, 0.29) is 28.7 Å². The largest absolute Gasteiger partial charge is 0.448 e. The molecule has 0 aliphatic carbocycles. The molecule has 2 aliphatic heterocycles. The second-order valence-corrected chi connectivity index (χ2v) is 10.6. The summed E-state index contributed by atoms with van der Waals surface area (Å²) >= 11 is 6.27. The van der Waals surface area contributed by atoms with Crippen LogP contribution in [0.15, 0.2) is 36.4 Å². The van der Waals surface area contributed by atoms with Gasteiger partial charge in [-0.3, -0.25) is 19.9 Å². The smallest absolute Gasteiger partial charge is 0.417 e. The highest BCUT2D eigenvalue weighted by molar-refractivity contribution is 6.34. The highest BCUT2D eigenvalue weighted by Crippen LogP contribution is 2.40. The predicted molar refractivity (Wildman–Crippen MR) is 146 cm³/mol. The number of urea groups is 1. The van der Waals surface area contributed by atoms with Gasteiger partial charge in [0.15, 0.2) is 0 Å². The maximum Gasteiger partial charge on any atom is 0.417 e. The monoisotopic (exact) mass is 592 g/mol. The van der Waals surface area contributed by atoms with E-state index < -0.39 is 40.9 Å². The van der Waals surface area contributed by atoms with Crippen LogP contribution in [0.5, 0.6) is 0 Å². The number of rotatable bonds is 6. The lowest BCUT2D eigenvalue weighted by molar-refractivity contribution is -0.137. The number of ether oxygens (including phenoxy) is 1. The minimum atomic E-state index is -4.88. The lowest BCUT2D eigenvalue weighted by atomic mass is 10.0. The number of hydrogen-bond acceptors (Lipinski definition) is 7. The van der Waals surface area contributed by atoms with Crippen molar-refractivity contribution in [3.63, 3.8) is 0 Å². The Hall–Kier alpha value is -3.86. The van der Waals surface area contributed by atoms with Crippen LogP contribution in [0.3, 0.4) is 0 Å². The average Bonchev–Trinajstić information content (AvgIpc) is 3.08. The minimum absolute atomic E-state index is 0.112. The van der Waals surface area contributed by atoms with E-state index in [2.05, 4.69) is 15.1 Å². The summed E-state index contributed by atoms with van der Waals surface area (Å²) in [6.45, 7) is 7.18. The molecule has 2 aliphatic rings. The van der Waals surface area contributed by atoms with Crippen LogP contribution < -0.4 is 15.1 Å². The van der Waals surface area contributed by atoms with Crippen molar-refractivity contribution in [1.29, 1.82) is 5.26 Å². The number of piperazine rings is 1. The van der Waals surface area contributed by atoms with E-state index >= 15 is 0 Å². The molecule has 41 heavy (non-hydrogen) atoms. The lowest BCUT2D eigenvalue weighted by Crippen LogP contribution is -2.45. The Labute approximate surface area is 239 Å². The van der Waals surface area contributed by atoms with Gasteiger partial charge in [-0.1, -0.05) is 11.6 Å². The van der Waals surface area contributed by atoms with Crippen LogP contribution in [0.1, 0.15) is 25.0 Å². The summed E-state index contributed by atoms with van der Waals surface area (Å²) in [6.07, 6.45) is -5.64. The van der Waals surface area contributed by atoms with Gasteiger partial charge in [-0.05, 0) is 57.3 Å². The number of halogens is 4. The quantitative estimate of drug-likeness (QED) is 0.481. The van der Waals surface area contributed by atoms with E-state index in [9.17, 15) is 27.6 Å². The van der Waals surface area contributed by atoms with Gasteiger partial charge >= 0.3 is 18.3 Å². The fourth-order valence-corrected chi connectivity index (χ4v) is 4.86. The Morgan fingerprint density at radius 3 is 2.39 bits per heavy atom. The maximum atomic E-state index is 13.6. The summed E-state index contributed by atoms with van der Waals surface area (Å²) in [5.74, 6) is -0.784. The Kier molecular flexibility index (Phi) is 8.49. The van der Waals surface area contributed by atoms with E-state index in [0.717, 1.165) is 43.2 Å². The van der Waals surface area contributed by atoms with Crippen LogP contribution >= 0.6 is 11.6 Å². The van der Waals surface area contributed by atoms with Crippen LogP contribution in [0.25, 0.3) is 0 Å². The van der Waals surface area contributed by atoms with Gasteiger partial charge in [0.25, 0.3) is 5.91 Å². The number of alkyl halides is 3. The second-order valence-electron chi connectivity index (χ2n) is 10.2. The molecule has 0 bridgehead atoms. The average molecular weight is 593 g/mol. The van der Waals surface area contributed by atoms with Crippen LogP contribution in [-0.4, -0.2) is 79.7 Å². The van der Waals surface area contributed by atoms with Crippen LogP contribution in [0.4, 0.5) is 39.8 Å². The first-order chi connectivity index (χ1) is 19.2. The van der Waals surface area contributed by atoms with Gasteiger partial charge in [0.1, 0.15) is 12.1 Å². The topological polar surface area (TPSA) is 109 Å². The van der Waals surface area contributed by atoms with Crippen molar-refractivity contribution in [3.8, 4) is 6.07 Å². The van der Waals surface area contributed by atoms with Crippen LogP contribution in [-0.2, 0) is 15.7 Å². The fourth-order valence-electron chi connectivity index (χ4n) is 4.69. The summed E-state index contributed by atoms with van der Waals surface area (Å²) in [6, 6.07) is 7.41. The molecule has 2 aromatic rings. The highest BCUT2D eigenvalue weighted by atomic mass is 35.5. The molecule has 14 heteroatoms. The first kappa shape index (κ1) is 30.1. The Morgan fingerprint density at radius 1 is 1.10 bits per heavy atom. The molecular formula is C27H28ClF3N6O4. The zero-order valence-corrected chi connectivity index (χ0v) is 23.3. The SMILES string of the molecule is CN1CCN(CCOC(=O)Nc2cc(N3C(=O)N(c4ccc(C#N)c(C(F)(F)F)c4)C(=O)C3(C)C)ccc2Cl)CC1. The Balaban J connectivity index is 1.53. The molecule has 0 unspecified atom stereocenters. The van der Waals surface area contributed by atoms with Gasteiger partial charge < -0.3 is 9.64 Å². The van der Waals surface area contributed by atoms with Crippen molar-refractivity contribution < 1.29 is 32.3 Å². The Bertz CT molecular complexity index is 1400. The van der Waals surface area contributed by atoms with E-state index in [1.807, 2.05) is 7.05 Å². The number of carbonyl (C=O) groups excluding carboxylic acids is 3. The molecular weight excluding hydrogens is 565 g/mol. The van der Waals surface area contributed by atoms with E-state index in [0.29, 0.717) is 17.5 Å². The van der Waals surface area contributed by atoms with Crippen molar-refractivity contribution in [2.45, 2.75) is 25.6 Å². The lowest BCUT2D eigenvalue weighted by Gasteiger charge is -2.32. The van der Waals surface area contributed by atoms with Gasteiger partial charge in [0, 0.05) is 38.4 Å². The van der Waals surface area contributed by atoms with E-state index in [1.165, 1.54) is 38.1 Å². The molecule has 2 fully saturated rings. The third-order valence-electron chi connectivity index (χ3n) is 7.04. The number of nitrogens with zero attached hydrogens (tertiary/aromatic N) is 5. The summed E-state index contributed by atoms with van der Waals surface area (Å²) in [5, 5.41) is 11.8. The molecule has 218 valence electrons. The standard InChI is InChI=1S/C27H28ClF3N6O4/c1-26(2)23(38)36(18-5-4-17(16-32)20(14-18)27(29,30)31)25(40)37(26)19-6-7-21(28)22(15-19)33-24(39)41-13-12-35-10-8-34(3)9-11-35/h4-7,14-15H,8-13H2,1-3H3,(H,33,39). The molecule has 4 amide bonds. The van der Waals surface area contributed by atoms with Crippen molar-refractivity contribution in [3.05, 3.63) is 52.5 Å². The molecule has 4 rings (SSSR count). The van der Waals surface area contributed by atoms with Gasteiger partial charge in [-0.25, -0.2) is 14.5 Å². The Morgan fingerprint density at radius 2 is 1.76 bits per heavy atom. The first-order valence-electron chi connectivity index (χ1n) is 12.7. The van der Waals surface area contributed by atoms with Crippen LogP contribution in [0.2, 0.25) is 5.02 Å². The summed E-state index contributed by atoms with van der Waals surface area (Å²) in [4.78, 5) is 45.4. The van der Waals surface area contributed by atoms with Crippen molar-refractivity contribution in [2.24, 2.45) is 0 Å². The predicted octanol–water partition coefficient (Wildman–Crippen LogP) is 4.78. The number of nitrogens with one attached hydrogen (secondary N) is 1. The number of nitriles is 1. The number of hydrogen-bond donors (Lipinski definition) is 1. The maximum absolute atomic E-state index is 13.6. The number of anilines is 3. The highest BCUT2D eigenvalue weighted by Gasteiger charge is 2.53. The summed E-state index contributed by atoms with van der Waals surface area (Å²) in [5.41, 5.74) is -3.48. The third kappa shape index (κ3) is 6.24. The molecule has 2 aromatic carbocycles. The molecule has 10 nitrogen and oxygen atoms in total. The van der Waals surface area contributed by atoms with E-state index in [4.69, 9.17) is 21.6 Å². The zero-order valence-electron chi connectivity index (χ0n) is 22.6. The molecule has 0 atom stereocenters.